The van der Waals surface area contributed by atoms with Crippen molar-refractivity contribution >= 4 is 5.91 Å². The molecule has 0 radical (unpaired) electrons. The Kier molecular flexibility index (Phi) is 3.48. The summed E-state index contributed by atoms with van der Waals surface area (Å²) in [7, 11) is 0. The first-order valence-electron chi connectivity index (χ1n) is 8.25. The van der Waals surface area contributed by atoms with Crippen LogP contribution in [0.25, 0.3) is 0 Å². The van der Waals surface area contributed by atoms with Gasteiger partial charge >= 0.3 is 0 Å². The highest BCUT2D eigenvalue weighted by Crippen LogP contribution is 2.33. The average molecular weight is 298 g/mol. The van der Waals surface area contributed by atoms with Crippen molar-refractivity contribution in [1.82, 2.24) is 19.4 Å². The first-order valence-corrected chi connectivity index (χ1v) is 8.25. The number of imidazole rings is 1. The summed E-state index contributed by atoms with van der Waals surface area (Å²) in [5.74, 6) is 2.47. The molecule has 3 heterocycles. The van der Waals surface area contributed by atoms with Gasteiger partial charge in [0, 0.05) is 44.1 Å². The van der Waals surface area contributed by atoms with Crippen molar-refractivity contribution in [2.45, 2.75) is 38.1 Å². The van der Waals surface area contributed by atoms with Gasteiger partial charge in [-0.05, 0) is 43.7 Å². The standard InChI is InChI=1S/C17H22N4O/c22-17(15-4-1-7-18-15)21-9-2-3-14(12-21)16-19-8-10-20(16)11-13-5-6-13/h1,4,7-8,10,13-14,18H,2-3,5-6,9,11-12H2/t14-/m0/s1. The van der Waals surface area contributed by atoms with Crippen molar-refractivity contribution in [1.29, 1.82) is 0 Å². The molecular formula is C17H22N4O. The normalized spacial score (nSPS) is 22.0. The van der Waals surface area contributed by atoms with Crippen molar-refractivity contribution in [3.63, 3.8) is 0 Å². The van der Waals surface area contributed by atoms with Gasteiger partial charge in [0.05, 0.1) is 0 Å². The number of aromatic nitrogens is 3. The summed E-state index contributed by atoms with van der Waals surface area (Å²) in [6.07, 6.45) is 10.7. The fraction of sp³-hybridized carbons (Fsp3) is 0.529. The summed E-state index contributed by atoms with van der Waals surface area (Å²) in [6, 6.07) is 3.72. The Morgan fingerprint density at radius 3 is 3.05 bits per heavy atom. The van der Waals surface area contributed by atoms with Crippen LogP contribution in [0.15, 0.2) is 30.7 Å². The van der Waals surface area contributed by atoms with Crippen LogP contribution in [0.1, 0.15) is 47.9 Å². The number of aromatic amines is 1. The van der Waals surface area contributed by atoms with Crippen LogP contribution in [-0.2, 0) is 6.54 Å². The molecular weight excluding hydrogens is 276 g/mol. The van der Waals surface area contributed by atoms with Crippen LogP contribution in [0.4, 0.5) is 0 Å². The molecule has 1 N–H and O–H groups in total. The second kappa shape index (κ2) is 5.63. The summed E-state index contributed by atoms with van der Waals surface area (Å²) < 4.78 is 2.31. The number of amides is 1. The molecule has 0 unspecified atom stereocenters. The Morgan fingerprint density at radius 2 is 2.27 bits per heavy atom. The van der Waals surface area contributed by atoms with Crippen LogP contribution in [0.5, 0.6) is 0 Å². The molecule has 0 bridgehead atoms. The van der Waals surface area contributed by atoms with Crippen molar-refractivity contribution in [3.05, 3.63) is 42.2 Å². The van der Waals surface area contributed by atoms with Gasteiger partial charge in [-0.25, -0.2) is 4.98 Å². The maximum atomic E-state index is 12.5. The number of H-pyrrole nitrogens is 1. The Balaban J connectivity index is 1.48. The van der Waals surface area contributed by atoms with E-state index in [1.807, 2.05) is 23.2 Å². The number of carbonyl (C=O) groups is 1. The second-order valence-corrected chi connectivity index (χ2v) is 6.56. The SMILES string of the molecule is O=C(c1ccc[nH]1)N1CCC[C@H](c2nccn2CC2CC2)C1. The number of rotatable bonds is 4. The molecule has 2 aliphatic rings. The Hall–Kier alpha value is -2.04. The lowest BCUT2D eigenvalue weighted by molar-refractivity contribution is 0.0698. The van der Waals surface area contributed by atoms with E-state index in [2.05, 4.69) is 20.7 Å². The molecule has 1 saturated heterocycles. The van der Waals surface area contributed by atoms with E-state index in [0.29, 0.717) is 11.6 Å². The van der Waals surface area contributed by atoms with E-state index in [-0.39, 0.29) is 5.91 Å². The van der Waals surface area contributed by atoms with Crippen LogP contribution in [0, 0.1) is 5.92 Å². The van der Waals surface area contributed by atoms with E-state index in [1.165, 1.54) is 12.8 Å². The lowest BCUT2D eigenvalue weighted by Gasteiger charge is -2.32. The zero-order chi connectivity index (χ0) is 14.9. The number of likely N-dealkylation sites (tertiary alicyclic amines) is 1. The fourth-order valence-electron chi connectivity index (χ4n) is 3.42. The van der Waals surface area contributed by atoms with E-state index < -0.39 is 0 Å². The molecule has 5 heteroatoms. The molecule has 1 aliphatic carbocycles. The number of hydrogen-bond donors (Lipinski definition) is 1. The highest BCUT2D eigenvalue weighted by Gasteiger charge is 2.29. The number of carbonyl (C=O) groups excluding carboxylic acids is 1. The third-order valence-electron chi connectivity index (χ3n) is 4.80. The van der Waals surface area contributed by atoms with Gasteiger partial charge in [0.1, 0.15) is 11.5 Å². The van der Waals surface area contributed by atoms with Crippen LogP contribution in [-0.4, -0.2) is 38.4 Å². The molecule has 1 amide bonds. The summed E-state index contributed by atoms with van der Waals surface area (Å²) in [5, 5.41) is 0. The molecule has 5 nitrogen and oxygen atoms in total. The van der Waals surface area contributed by atoms with Crippen LogP contribution < -0.4 is 0 Å². The molecule has 116 valence electrons. The van der Waals surface area contributed by atoms with Crippen molar-refractivity contribution in [2.24, 2.45) is 5.92 Å². The zero-order valence-corrected chi connectivity index (χ0v) is 12.7. The minimum atomic E-state index is 0.106. The highest BCUT2D eigenvalue weighted by molar-refractivity contribution is 5.92. The Labute approximate surface area is 130 Å². The summed E-state index contributed by atoms with van der Waals surface area (Å²) in [6.45, 7) is 2.72. The molecule has 22 heavy (non-hydrogen) atoms. The van der Waals surface area contributed by atoms with Crippen LogP contribution >= 0.6 is 0 Å². The number of nitrogens with zero attached hydrogens (tertiary/aromatic N) is 3. The van der Waals surface area contributed by atoms with Gasteiger partial charge in [-0.1, -0.05) is 0 Å². The third-order valence-corrected chi connectivity index (χ3v) is 4.80. The third kappa shape index (κ3) is 2.67. The van der Waals surface area contributed by atoms with Gasteiger partial charge in [0.25, 0.3) is 5.91 Å². The van der Waals surface area contributed by atoms with E-state index in [9.17, 15) is 4.79 Å². The smallest absolute Gasteiger partial charge is 0.270 e. The second-order valence-electron chi connectivity index (χ2n) is 6.56. The Bertz CT molecular complexity index is 641. The van der Waals surface area contributed by atoms with Crippen molar-refractivity contribution in [3.8, 4) is 0 Å². The summed E-state index contributed by atoms with van der Waals surface area (Å²) >= 11 is 0. The maximum absolute atomic E-state index is 12.5. The van der Waals surface area contributed by atoms with E-state index in [1.54, 1.807) is 6.20 Å². The first kappa shape index (κ1) is 13.6. The predicted octanol–water partition coefficient (Wildman–Crippen LogP) is 2.64. The molecule has 2 fully saturated rings. The molecule has 0 spiro atoms. The monoisotopic (exact) mass is 298 g/mol. The van der Waals surface area contributed by atoms with E-state index >= 15 is 0 Å². The highest BCUT2D eigenvalue weighted by atomic mass is 16.2. The van der Waals surface area contributed by atoms with Crippen LogP contribution in [0.2, 0.25) is 0 Å². The molecule has 4 rings (SSSR count). The first-order chi connectivity index (χ1) is 10.8. The van der Waals surface area contributed by atoms with E-state index in [4.69, 9.17) is 0 Å². The number of hydrogen-bond acceptors (Lipinski definition) is 2. The van der Waals surface area contributed by atoms with Gasteiger partial charge in [-0.3, -0.25) is 4.79 Å². The van der Waals surface area contributed by atoms with Gasteiger partial charge in [-0.15, -0.1) is 0 Å². The summed E-state index contributed by atoms with van der Waals surface area (Å²) in [4.78, 5) is 22.1. The predicted molar refractivity (Wildman–Crippen MR) is 83.6 cm³/mol. The Morgan fingerprint density at radius 1 is 1.36 bits per heavy atom. The minimum absolute atomic E-state index is 0.106. The number of nitrogens with one attached hydrogen (secondary N) is 1. The largest absolute Gasteiger partial charge is 0.357 e. The van der Waals surface area contributed by atoms with E-state index in [0.717, 1.165) is 44.2 Å². The molecule has 1 saturated carbocycles. The zero-order valence-electron chi connectivity index (χ0n) is 12.7. The maximum Gasteiger partial charge on any atom is 0.270 e. The quantitative estimate of drug-likeness (QED) is 0.943. The fourth-order valence-corrected chi connectivity index (χ4v) is 3.42. The topological polar surface area (TPSA) is 53.9 Å². The number of piperidine rings is 1. The lowest BCUT2D eigenvalue weighted by atomic mass is 9.96. The van der Waals surface area contributed by atoms with Crippen molar-refractivity contribution in [2.75, 3.05) is 13.1 Å². The molecule has 2 aromatic heterocycles. The molecule has 0 aromatic carbocycles. The van der Waals surface area contributed by atoms with Gasteiger partial charge in [0.2, 0.25) is 0 Å². The van der Waals surface area contributed by atoms with Crippen LogP contribution in [0.3, 0.4) is 0 Å². The van der Waals surface area contributed by atoms with Gasteiger partial charge < -0.3 is 14.5 Å². The molecule has 2 aromatic rings. The minimum Gasteiger partial charge on any atom is -0.357 e. The summed E-state index contributed by atoms with van der Waals surface area (Å²) in [5.41, 5.74) is 0.682. The van der Waals surface area contributed by atoms with Gasteiger partial charge in [0.15, 0.2) is 0 Å². The van der Waals surface area contributed by atoms with Crippen molar-refractivity contribution < 1.29 is 4.79 Å². The van der Waals surface area contributed by atoms with Gasteiger partial charge in [-0.2, -0.15) is 0 Å². The lowest BCUT2D eigenvalue weighted by Crippen LogP contribution is -2.40. The average Bonchev–Trinajstić information content (AvgIpc) is 3.04. The molecule has 1 atom stereocenters. The molecule has 1 aliphatic heterocycles.